The molecule has 0 amide bonds. The summed E-state index contributed by atoms with van der Waals surface area (Å²) >= 11 is 0. The first-order chi connectivity index (χ1) is 21.8. The molecule has 0 bridgehead atoms. The van der Waals surface area contributed by atoms with Crippen LogP contribution in [-0.4, -0.2) is 23.9 Å². The highest BCUT2D eigenvalue weighted by atomic mass is 15.2. The molecule has 0 N–H and O–H groups in total. The van der Waals surface area contributed by atoms with Gasteiger partial charge >= 0.3 is 0 Å². The fourth-order valence-corrected chi connectivity index (χ4v) is 8.00. The SMILES string of the molecule is CCCCCCCCN1C(=CC=CC2=[N+](C)c3c(ccc4ccccc34)C2(C)C)C(C)(Cc2ccccc2)c2ccc(C)cc21. The summed E-state index contributed by atoms with van der Waals surface area (Å²) in [5.41, 5.74) is 10.9. The zero-order valence-electron chi connectivity index (χ0n) is 28.4. The molecular formula is C43H51N2+. The number of fused-ring (bicyclic) bond motifs is 4. The lowest BCUT2D eigenvalue weighted by atomic mass is 9.76. The van der Waals surface area contributed by atoms with Gasteiger partial charge in [0.05, 0.1) is 10.8 Å². The summed E-state index contributed by atoms with van der Waals surface area (Å²) in [5.74, 6) is 0. The third-order valence-electron chi connectivity index (χ3n) is 10.4. The minimum absolute atomic E-state index is 0.0790. The Morgan fingerprint density at radius 1 is 0.778 bits per heavy atom. The molecule has 2 aliphatic heterocycles. The van der Waals surface area contributed by atoms with Gasteiger partial charge in [0.15, 0.2) is 5.71 Å². The molecule has 0 radical (unpaired) electrons. The quantitative estimate of drug-likeness (QED) is 0.123. The Bertz CT molecular complexity index is 1770. The van der Waals surface area contributed by atoms with E-state index in [9.17, 15) is 0 Å². The molecule has 2 heterocycles. The van der Waals surface area contributed by atoms with Crippen LogP contribution in [0.4, 0.5) is 11.4 Å². The zero-order valence-corrected chi connectivity index (χ0v) is 28.4. The lowest BCUT2D eigenvalue weighted by Crippen LogP contribution is -2.31. The highest BCUT2D eigenvalue weighted by Crippen LogP contribution is 2.50. The summed E-state index contributed by atoms with van der Waals surface area (Å²) in [4.78, 5) is 2.66. The van der Waals surface area contributed by atoms with E-state index in [4.69, 9.17) is 0 Å². The topological polar surface area (TPSA) is 6.25 Å². The number of allylic oxidation sites excluding steroid dienone is 4. The Labute approximate surface area is 271 Å². The van der Waals surface area contributed by atoms with Crippen LogP contribution in [0, 0.1) is 6.92 Å². The second-order valence-electron chi connectivity index (χ2n) is 14.1. The van der Waals surface area contributed by atoms with E-state index in [0.29, 0.717) is 0 Å². The number of hydrogen-bond donors (Lipinski definition) is 0. The van der Waals surface area contributed by atoms with Crippen molar-refractivity contribution in [2.45, 2.75) is 90.4 Å². The lowest BCUT2D eigenvalue weighted by Gasteiger charge is -2.31. The van der Waals surface area contributed by atoms with E-state index in [1.807, 2.05) is 0 Å². The molecule has 0 spiro atoms. The Morgan fingerprint density at radius 2 is 1.49 bits per heavy atom. The molecule has 2 nitrogen and oxygen atoms in total. The summed E-state index contributed by atoms with van der Waals surface area (Å²) in [6, 6.07) is 31.6. The van der Waals surface area contributed by atoms with Gasteiger partial charge in [0, 0.05) is 35.0 Å². The molecule has 1 unspecified atom stereocenters. The van der Waals surface area contributed by atoms with Crippen LogP contribution in [0.25, 0.3) is 10.8 Å². The molecular weight excluding hydrogens is 544 g/mol. The monoisotopic (exact) mass is 595 g/mol. The van der Waals surface area contributed by atoms with Crippen molar-refractivity contribution in [3.8, 4) is 0 Å². The average molecular weight is 596 g/mol. The summed E-state index contributed by atoms with van der Waals surface area (Å²) < 4.78 is 2.43. The first kappa shape index (κ1) is 31.1. The molecule has 6 rings (SSSR count). The number of nitrogens with zero attached hydrogens (tertiary/aromatic N) is 2. The van der Waals surface area contributed by atoms with E-state index in [1.165, 1.54) is 94.3 Å². The summed E-state index contributed by atoms with van der Waals surface area (Å²) in [5, 5.41) is 2.63. The van der Waals surface area contributed by atoms with Crippen molar-refractivity contribution in [2.75, 3.05) is 18.5 Å². The van der Waals surface area contributed by atoms with Crippen LogP contribution in [0.3, 0.4) is 0 Å². The van der Waals surface area contributed by atoms with Gasteiger partial charge in [-0.3, -0.25) is 0 Å². The van der Waals surface area contributed by atoms with Gasteiger partial charge in [-0.05, 0) is 80.8 Å². The van der Waals surface area contributed by atoms with Crippen LogP contribution in [-0.2, 0) is 17.3 Å². The molecule has 0 saturated carbocycles. The largest absolute Gasteiger partial charge is 0.344 e. The van der Waals surface area contributed by atoms with Crippen LogP contribution in [0.15, 0.2) is 109 Å². The van der Waals surface area contributed by atoms with E-state index < -0.39 is 0 Å². The van der Waals surface area contributed by atoms with E-state index in [2.05, 4.69) is 154 Å². The molecule has 0 aliphatic carbocycles. The van der Waals surface area contributed by atoms with Crippen molar-refractivity contribution in [3.63, 3.8) is 0 Å². The predicted molar refractivity (Wildman–Crippen MR) is 194 cm³/mol. The number of aryl methyl sites for hydroxylation is 1. The molecule has 0 fully saturated rings. The molecule has 0 saturated heterocycles. The van der Waals surface area contributed by atoms with Crippen LogP contribution in [0.2, 0.25) is 0 Å². The smallest absolute Gasteiger partial charge is 0.217 e. The number of hydrogen-bond acceptors (Lipinski definition) is 1. The lowest BCUT2D eigenvalue weighted by molar-refractivity contribution is -0.399. The Morgan fingerprint density at radius 3 is 2.29 bits per heavy atom. The highest BCUT2D eigenvalue weighted by molar-refractivity contribution is 6.07. The molecule has 2 heteroatoms. The minimum atomic E-state index is -0.113. The van der Waals surface area contributed by atoms with Crippen molar-refractivity contribution in [1.29, 1.82) is 0 Å². The second-order valence-corrected chi connectivity index (χ2v) is 14.1. The van der Waals surface area contributed by atoms with E-state index in [0.717, 1.165) is 13.0 Å². The molecule has 232 valence electrons. The zero-order chi connectivity index (χ0) is 31.6. The van der Waals surface area contributed by atoms with Gasteiger partial charge in [-0.2, -0.15) is 4.58 Å². The van der Waals surface area contributed by atoms with Gasteiger partial charge in [0.2, 0.25) is 5.69 Å². The Hall–Kier alpha value is -3.91. The maximum absolute atomic E-state index is 2.66. The highest BCUT2D eigenvalue weighted by Gasteiger charge is 2.45. The first-order valence-electron chi connectivity index (χ1n) is 17.2. The summed E-state index contributed by atoms with van der Waals surface area (Å²) in [6.07, 6.45) is 16.0. The number of rotatable bonds is 11. The van der Waals surface area contributed by atoms with E-state index >= 15 is 0 Å². The van der Waals surface area contributed by atoms with Gasteiger partial charge < -0.3 is 4.90 Å². The fraction of sp³-hybridized carbons (Fsp3) is 0.372. The van der Waals surface area contributed by atoms with Crippen molar-refractivity contribution in [3.05, 3.63) is 131 Å². The van der Waals surface area contributed by atoms with Crippen molar-refractivity contribution >= 4 is 27.9 Å². The van der Waals surface area contributed by atoms with Crippen molar-refractivity contribution in [2.24, 2.45) is 0 Å². The number of anilines is 1. The average Bonchev–Trinajstić information content (AvgIpc) is 3.37. The van der Waals surface area contributed by atoms with E-state index in [-0.39, 0.29) is 10.8 Å². The minimum Gasteiger partial charge on any atom is -0.344 e. The number of benzene rings is 4. The molecule has 2 aliphatic rings. The van der Waals surface area contributed by atoms with Crippen LogP contribution < -0.4 is 4.90 Å². The van der Waals surface area contributed by atoms with Crippen LogP contribution in [0.1, 0.15) is 88.5 Å². The molecule has 1 atom stereocenters. The van der Waals surface area contributed by atoms with E-state index in [1.54, 1.807) is 0 Å². The van der Waals surface area contributed by atoms with Crippen LogP contribution in [0.5, 0.6) is 0 Å². The van der Waals surface area contributed by atoms with Gasteiger partial charge in [-0.1, -0.05) is 118 Å². The molecule has 4 aromatic rings. The van der Waals surface area contributed by atoms with Crippen LogP contribution >= 0.6 is 0 Å². The van der Waals surface area contributed by atoms with Crippen molar-refractivity contribution in [1.82, 2.24) is 0 Å². The maximum atomic E-state index is 2.66. The number of unbranched alkanes of at least 4 members (excludes halogenated alkanes) is 5. The molecule has 45 heavy (non-hydrogen) atoms. The summed E-state index contributed by atoms with van der Waals surface area (Å²) in [6.45, 7) is 12.8. The maximum Gasteiger partial charge on any atom is 0.217 e. The van der Waals surface area contributed by atoms with Gasteiger partial charge in [-0.25, -0.2) is 0 Å². The predicted octanol–water partition coefficient (Wildman–Crippen LogP) is 11.0. The standard InChI is InChI=1S/C43H51N2/c1-7-8-9-10-11-17-29-45-38-30-32(2)25-27-36(38)43(5,31-33-19-13-12-14-20-33)40(45)24-18-23-39-42(3,4)37-28-26-34-21-15-16-22-35(34)41(37)44(39)6/h12-16,18-28,30H,7-11,17,29,31H2,1-6H3/q+1. The van der Waals surface area contributed by atoms with Gasteiger partial charge in [0.1, 0.15) is 7.05 Å². The Kier molecular flexibility index (Phi) is 8.87. The Balaban J connectivity index is 1.40. The van der Waals surface area contributed by atoms with Gasteiger partial charge in [-0.15, -0.1) is 0 Å². The van der Waals surface area contributed by atoms with Gasteiger partial charge in [0.25, 0.3) is 0 Å². The first-order valence-corrected chi connectivity index (χ1v) is 17.2. The summed E-state index contributed by atoms with van der Waals surface area (Å²) in [7, 11) is 2.24. The second kappa shape index (κ2) is 12.8. The molecule has 4 aromatic carbocycles. The third kappa shape index (κ3) is 5.81. The normalized spacial score (nSPS) is 19.7. The third-order valence-corrected chi connectivity index (χ3v) is 10.4. The van der Waals surface area contributed by atoms with Crippen molar-refractivity contribution < 1.29 is 4.58 Å². The fourth-order valence-electron chi connectivity index (χ4n) is 8.00. The molecule has 0 aromatic heterocycles.